The Balaban J connectivity index is 1.60. The van der Waals surface area contributed by atoms with Crippen LogP contribution in [0.25, 0.3) is 0 Å². The van der Waals surface area contributed by atoms with E-state index < -0.39 is 0 Å². The normalized spacial score (nSPS) is 15.3. The zero-order valence-corrected chi connectivity index (χ0v) is 15.2. The third-order valence-electron chi connectivity index (χ3n) is 4.22. The second-order valence-corrected chi connectivity index (χ2v) is 6.68. The van der Waals surface area contributed by atoms with Crippen LogP contribution in [0.3, 0.4) is 0 Å². The van der Waals surface area contributed by atoms with Crippen molar-refractivity contribution < 1.29 is 9.53 Å². The summed E-state index contributed by atoms with van der Waals surface area (Å²) in [5.74, 6) is 0.977. The van der Waals surface area contributed by atoms with Gasteiger partial charge in [0.2, 0.25) is 0 Å². The molecule has 2 heterocycles. The number of methoxy groups -OCH3 is 1. The molecule has 24 heavy (non-hydrogen) atoms. The Bertz CT molecular complexity index is 701. The van der Waals surface area contributed by atoms with Gasteiger partial charge in [-0.1, -0.05) is 15.9 Å². The van der Waals surface area contributed by atoms with E-state index in [1.54, 1.807) is 31.6 Å². The predicted molar refractivity (Wildman–Crippen MR) is 96.1 cm³/mol. The number of hydrogen-bond acceptors (Lipinski definition) is 4. The van der Waals surface area contributed by atoms with E-state index in [-0.39, 0.29) is 5.91 Å². The molecule has 0 atom stereocenters. The Labute approximate surface area is 150 Å². The van der Waals surface area contributed by atoms with Gasteiger partial charge in [-0.15, -0.1) is 0 Å². The molecule has 1 aliphatic rings. The molecule has 6 heteroatoms. The lowest BCUT2D eigenvalue weighted by molar-refractivity contribution is 0.0627. The molecule has 0 aliphatic carbocycles. The average Bonchev–Trinajstić information content (AvgIpc) is 2.63. The van der Waals surface area contributed by atoms with Gasteiger partial charge in [0.15, 0.2) is 0 Å². The van der Waals surface area contributed by atoms with Gasteiger partial charge in [-0.25, -0.2) is 0 Å². The first-order valence-corrected chi connectivity index (χ1v) is 8.71. The number of amides is 1. The highest BCUT2D eigenvalue weighted by atomic mass is 79.9. The number of carbonyl (C=O) groups excluding carboxylic acids is 1. The van der Waals surface area contributed by atoms with E-state index in [0.717, 1.165) is 48.5 Å². The van der Waals surface area contributed by atoms with Gasteiger partial charge in [-0.3, -0.25) is 14.7 Å². The van der Waals surface area contributed by atoms with Crippen molar-refractivity contribution >= 4 is 21.8 Å². The third-order valence-corrected chi connectivity index (χ3v) is 4.72. The van der Waals surface area contributed by atoms with E-state index in [2.05, 4.69) is 31.9 Å². The highest BCUT2D eigenvalue weighted by Gasteiger charge is 2.22. The first-order chi connectivity index (χ1) is 11.7. The maximum atomic E-state index is 12.5. The second kappa shape index (κ2) is 7.77. The van der Waals surface area contributed by atoms with Crippen LogP contribution >= 0.6 is 15.9 Å². The molecule has 0 spiro atoms. The van der Waals surface area contributed by atoms with Crippen molar-refractivity contribution in [2.45, 2.75) is 6.54 Å². The quantitative estimate of drug-likeness (QED) is 0.806. The summed E-state index contributed by atoms with van der Waals surface area (Å²) < 4.78 is 6.49. The molecule has 1 amide bonds. The number of rotatable bonds is 4. The fraction of sp³-hybridized carbons (Fsp3) is 0.333. The number of ether oxygens (including phenoxy) is 1. The van der Waals surface area contributed by atoms with E-state index in [1.165, 1.54) is 0 Å². The summed E-state index contributed by atoms with van der Waals surface area (Å²) in [5, 5.41) is 0. The minimum atomic E-state index is 0.0806. The van der Waals surface area contributed by atoms with Gasteiger partial charge in [0.1, 0.15) is 5.75 Å². The van der Waals surface area contributed by atoms with Gasteiger partial charge in [0, 0.05) is 60.7 Å². The Morgan fingerprint density at radius 3 is 2.54 bits per heavy atom. The second-order valence-electron chi connectivity index (χ2n) is 5.76. The van der Waals surface area contributed by atoms with Gasteiger partial charge in [-0.05, 0) is 30.3 Å². The van der Waals surface area contributed by atoms with Crippen LogP contribution in [0.15, 0.2) is 47.2 Å². The number of halogens is 1. The molecule has 1 saturated heterocycles. The molecular formula is C18H20BrN3O2. The summed E-state index contributed by atoms with van der Waals surface area (Å²) in [5.41, 5.74) is 1.85. The minimum absolute atomic E-state index is 0.0806. The summed E-state index contributed by atoms with van der Waals surface area (Å²) in [6, 6.07) is 9.58. The van der Waals surface area contributed by atoms with Crippen molar-refractivity contribution in [1.82, 2.24) is 14.8 Å². The zero-order chi connectivity index (χ0) is 16.9. The Morgan fingerprint density at radius 1 is 1.17 bits per heavy atom. The Hall–Kier alpha value is -1.92. The van der Waals surface area contributed by atoms with Gasteiger partial charge in [0.25, 0.3) is 5.91 Å². The molecule has 1 fully saturated rings. The van der Waals surface area contributed by atoms with Crippen molar-refractivity contribution in [3.63, 3.8) is 0 Å². The van der Waals surface area contributed by atoms with Gasteiger partial charge >= 0.3 is 0 Å². The van der Waals surface area contributed by atoms with Crippen molar-refractivity contribution in [2.24, 2.45) is 0 Å². The molecule has 1 aromatic carbocycles. The molecule has 3 rings (SSSR count). The molecule has 5 nitrogen and oxygen atoms in total. The SMILES string of the molecule is COc1ccc(Br)cc1CN1CCN(C(=O)c2ccncc2)CC1. The molecule has 126 valence electrons. The van der Waals surface area contributed by atoms with Gasteiger partial charge in [0.05, 0.1) is 7.11 Å². The lowest BCUT2D eigenvalue weighted by Crippen LogP contribution is -2.48. The molecule has 2 aromatic rings. The fourth-order valence-corrected chi connectivity index (χ4v) is 3.31. The third kappa shape index (κ3) is 3.94. The number of aromatic nitrogens is 1. The summed E-state index contributed by atoms with van der Waals surface area (Å²) >= 11 is 3.51. The zero-order valence-electron chi connectivity index (χ0n) is 13.6. The predicted octanol–water partition coefficient (Wildman–Crippen LogP) is 2.81. The number of benzene rings is 1. The topological polar surface area (TPSA) is 45.7 Å². The van der Waals surface area contributed by atoms with Crippen LogP contribution in [0.2, 0.25) is 0 Å². The summed E-state index contributed by atoms with van der Waals surface area (Å²) in [6.07, 6.45) is 3.31. The van der Waals surface area contributed by atoms with E-state index in [1.807, 2.05) is 17.0 Å². The largest absolute Gasteiger partial charge is 0.496 e. The van der Waals surface area contributed by atoms with Crippen molar-refractivity contribution in [3.05, 3.63) is 58.3 Å². The average molecular weight is 390 g/mol. The van der Waals surface area contributed by atoms with Crippen LogP contribution in [0, 0.1) is 0 Å². The molecule has 1 aliphatic heterocycles. The molecule has 0 N–H and O–H groups in total. The van der Waals surface area contributed by atoms with Gasteiger partial charge < -0.3 is 9.64 Å². The summed E-state index contributed by atoms with van der Waals surface area (Å²) in [7, 11) is 1.69. The highest BCUT2D eigenvalue weighted by Crippen LogP contribution is 2.24. The van der Waals surface area contributed by atoms with Crippen LogP contribution in [0.1, 0.15) is 15.9 Å². The summed E-state index contributed by atoms with van der Waals surface area (Å²) in [4.78, 5) is 20.7. The molecule has 0 saturated carbocycles. The number of piperazine rings is 1. The monoisotopic (exact) mass is 389 g/mol. The van der Waals surface area contributed by atoms with E-state index in [4.69, 9.17) is 4.74 Å². The van der Waals surface area contributed by atoms with Crippen molar-refractivity contribution in [3.8, 4) is 5.75 Å². The molecule has 0 bridgehead atoms. The van der Waals surface area contributed by atoms with Crippen LogP contribution in [-0.2, 0) is 6.54 Å². The standard InChI is InChI=1S/C18H20BrN3O2/c1-24-17-3-2-16(19)12-15(17)13-21-8-10-22(11-9-21)18(23)14-4-6-20-7-5-14/h2-7,12H,8-11,13H2,1H3. The molecule has 0 radical (unpaired) electrons. The van der Waals surface area contributed by atoms with Crippen LogP contribution < -0.4 is 4.74 Å². The number of carbonyl (C=O) groups is 1. The number of nitrogens with zero attached hydrogens (tertiary/aromatic N) is 3. The van der Waals surface area contributed by atoms with Crippen LogP contribution in [-0.4, -0.2) is 54.0 Å². The van der Waals surface area contributed by atoms with E-state index in [0.29, 0.717) is 5.56 Å². The van der Waals surface area contributed by atoms with Crippen LogP contribution in [0.5, 0.6) is 5.75 Å². The van der Waals surface area contributed by atoms with Crippen LogP contribution in [0.4, 0.5) is 0 Å². The number of pyridine rings is 1. The summed E-state index contributed by atoms with van der Waals surface area (Å²) in [6.45, 7) is 3.99. The first kappa shape index (κ1) is 16.9. The number of hydrogen-bond donors (Lipinski definition) is 0. The fourth-order valence-electron chi connectivity index (χ4n) is 2.90. The molecular weight excluding hydrogens is 370 g/mol. The van der Waals surface area contributed by atoms with Crippen molar-refractivity contribution in [2.75, 3.05) is 33.3 Å². The highest BCUT2D eigenvalue weighted by molar-refractivity contribution is 9.10. The smallest absolute Gasteiger partial charge is 0.254 e. The van der Waals surface area contributed by atoms with E-state index >= 15 is 0 Å². The first-order valence-electron chi connectivity index (χ1n) is 7.91. The maximum Gasteiger partial charge on any atom is 0.254 e. The molecule has 0 unspecified atom stereocenters. The minimum Gasteiger partial charge on any atom is -0.496 e. The van der Waals surface area contributed by atoms with Gasteiger partial charge in [-0.2, -0.15) is 0 Å². The lowest BCUT2D eigenvalue weighted by atomic mass is 10.1. The molecule has 1 aromatic heterocycles. The lowest BCUT2D eigenvalue weighted by Gasteiger charge is -2.35. The Morgan fingerprint density at radius 2 is 1.88 bits per heavy atom. The van der Waals surface area contributed by atoms with E-state index in [9.17, 15) is 4.79 Å². The Kier molecular flexibility index (Phi) is 5.48. The maximum absolute atomic E-state index is 12.5. The van der Waals surface area contributed by atoms with Crippen molar-refractivity contribution in [1.29, 1.82) is 0 Å².